The maximum atomic E-state index is 12.8. The number of hydrogen-bond acceptors (Lipinski definition) is 6. The highest BCUT2D eigenvalue weighted by Gasteiger charge is 2.31. The van der Waals surface area contributed by atoms with Crippen LogP contribution in [0.3, 0.4) is 0 Å². The molecule has 9 nitrogen and oxygen atoms in total. The number of nitrogens with one attached hydrogen (secondary N) is 1. The number of amides is 1. The van der Waals surface area contributed by atoms with E-state index in [1.807, 2.05) is 0 Å². The average molecular weight is 511 g/mol. The predicted octanol–water partition coefficient (Wildman–Crippen LogP) is 5.75. The summed E-state index contributed by atoms with van der Waals surface area (Å²) in [5.41, 5.74) is -2.14. The molecule has 1 amide bonds. The fraction of sp³-hybridized carbons (Fsp3) is 0.316. The first-order chi connectivity index (χ1) is 15.2. The van der Waals surface area contributed by atoms with Gasteiger partial charge in [-0.15, -0.1) is 0 Å². The van der Waals surface area contributed by atoms with E-state index in [9.17, 15) is 37.5 Å². The minimum Gasteiger partial charge on any atom is -0.456 e. The first kappa shape index (κ1) is 26.6. The van der Waals surface area contributed by atoms with Crippen molar-refractivity contribution >= 4 is 30.8 Å². The molecule has 0 aliphatic rings. The molecule has 0 spiro atoms. The van der Waals surface area contributed by atoms with Crippen molar-refractivity contribution in [2.24, 2.45) is 0 Å². The van der Waals surface area contributed by atoms with Crippen molar-refractivity contribution in [2.75, 3.05) is 6.29 Å². The van der Waals surface area contributed by atoms with E-state index in [2.05, 4.69) is 5.32 Å². The third-order valence-corrected chi connectivity index (χ3v) is 5.80. The molecule has 180 valence electrons. The van der Waals surface area contributed by atoms with Gasteiger partial charge in [0.2, 0.25) is 0 Å². The van der Waals surface area contributed by atoms with Crippen molar-refractivity contribution in [1.29, 1.82) is 0 Å². The molecule has 0 aliphatic carbocycles. The molecule has 33 heavy (non-hydrogen) atoms. The molecule has 2 N–H and O–H groups in total. The lowest BCUT2D eigenvalue weighted by atomic mass is 10.1. The molecule has 2 atom stereocenters. The summed E-state index contributed by atoms with van der Waals surface area (Å²) in [6, 6.07) is 5.35. The van der Waals surface area contributed by atoms with Crippen LogP contribution in [0.2, 0.25) is 5.02 Å². The van der Waals surface area contributed by atoms with Gasteiger partial charge in [0.05, 0.1) is 21.6 Å². The van der Waals surface area contributed by atoms with Crippen molar-refractivity contribution in [3.05, 3.63) is 62.7 Å². The van der Waals surface area contributed by atoms with Crippen molar-refractivity contribution in [1.82, 2.24) is 5.32 Å². The van der Waals surface area contributed by atoms with Crippen LogP contribution in [-0.4, -0.2) is 28.1 Å². The van der Waals surface area contributed by atoms with Crippen LogP contribution in [0.15, 0.2) is 36.4 Å². The van der Waals surface area contributed by atoms with Gasteiger partial charge in [-0.25, -0.2) is 0 Å². The van der Waals surface area contributed by atoms with Gasteiger partial charge in [-0.05, 0) is 37.6 Å². The lowest BCUT2D eigenvalue weighted by Gasteiger charge is -2.17. The Morgan fingerprint density at radius 1 is 1.30 bits per heavy atom. The molecule has 2 unspecified atom stereocenters. The Kier molecular flexibility index (Phi) is 8.47. The molecule has 0 bridgehead atoms. The Morgan fingerprint density at radius 3 is 2.52 bits per heavy atom. The van der Waals surface area contributed by atoms with Gasteiger partial charge in [0.1, 0.15) is 23.3 Å². The first-order valence-corrected chi connectivity index (χ1v) is 11.5. The number of rotatable bonds is 9. The number of halogens is 4. The van der Waals surface area contributed by atoms with Crippen LogP contribution in [0, 0.1) is 10.1 Å². The molecule has 0 fully saturated rings. The monoisotopic (exact) mass is 510 g/mol. The zero-order valence-corrected chi connectivity index (χ0v) is 18.9. The molecular weight excluding hydrogens is 492 g/mol. The summed E-state index contributed by atoms with van der Waals surface area (Å²) < 4.78 is 60.7. The minimum absolute atomic E-state index is 0.143. The van der Waals surface area contributed by atoms with E-state index < -0.39 is 53.8 Å². The summed E-state index contributed by atoms with van der Waals surface area (Å²) in [7, 11) is -4.21. The maximum Gasteiger partial charge on any atom is 0.416 e. The Balaban J connectivity index is 2.27. The van der Waals surface area contributed by atoms with Gasteiger partial charge in [0, 0.05) is 12.1 Å². The Hall–Kier alpha value is -2.66. The van der Waals surface area contributed by atoms with Crippen molar-refractivity contribution in [3.8, 4) is 11.5 Å². The molecule has 2 aromatic rings. The van der Waals surface area contributed by atoms with Crippen LogP contribution in [0.5, 0.6) is 11.5 Å². The van der Waals surface area contributed by atoms with Gasteiger partial charge in [0.15, 0.2) is 0 Å². The molecule has 14 heteroatoms. The van der Waals surface area contributed by atoms with Crippen LogP contribution < -0.4 is 10.1 Å². The lowest BCUT2D eigenvalue weighted by Crippen LogP contribution is -2.26. The fourth-order valence-electron chi connectivity index (χ4n) is 2.47. The van der Waals surface area contributed by atoms with E-state index in [0.29, 0.717) is 12.5 Å². The number of benzene rings is 2. The van der Waals surface area contributed by atoms with Crippen LogP contribution >= 0.6 is 19.2 Å². The summed E-state index contributed by atoms with van der Waals surface area (Å²) in [4.78, 5) is 32.7. The van der Waals surface area contributed by atoms with E-state index >= 15 is 0 Å². The highest BCUT2D eigenvalue weighted by atomic mass is 35.5. The van der Waals surface area contributed by atoms with E-state index in [1.165, 1.54) is 0 Å². The summed E-state index contributed by atoms with van der Waals surface area (Å²) in [6.07, 6.45) is -5.54. The van der Waals surface area contributed by atoms with Gasteiger partial charge >= 0.3 is 13.8 Å². The van der Waals surface area contributed by atoms with Gasteiger partial charge in [-0.3, -0.25) is 19.5 Å². The fourth-order valence-corrected chi connectivity index (χ4v) is 3.82. The second-order valence-corrected chi connectivity index (χ2v) is 9.02. The average Bonchev–Trinajstić information content (AvgIpc) is 2.72. The molecule has 2 aromatic carbocycles. The first-order valence-electron chi connectivity index (χ1n) is 9.35. The molecule has 0 saturated carbocycles. The van der Waals surface area contributed by atoms with Crippen molar-refractivity contribution in [3.63, 3.8) is 0 Å². The summed E-state index contributed by atoms with van der Waals surface area (Å²) in [6.45, 7) is 3.28. The van der Waals surface area contributed by atoms with Crippen molar-refractivity contribution in [2.45, 2.75) is 32.5 Å². The number of nitro benzene ring substituents is 1. The van der Waals surface area contributed by atoms with Gasteiger partial charge in [0.25, 0.3) is 11.6 Å². The third kappa shape index (κ3) is 7.43. The Morgan fingerprint density at radius 2 is 1.97 bits per heavy atom. The lowest BCUT2D eigenvalue weighted by molar-refractivity contribution is -0.385. The highest BCUT2D eigenvalue weighted by Crippen LogP contribution is 2.42. The van der Waals surface area contributed by atoms with E-state index in [0.717, 1.165) is 30.3 Å². The number of hydrogen-bond donors (Lipinski definition) is 2. The van der Waals surface area contributed by atoms with Gasteiger partial charge in [-0.2, -0.15) is 13.2 Å². The topological polar surface area (TPSA) is 128 Å². The summed E-state index contributed by atoms with van der Waals surface area (Å²) in [5.74, 6) is -1.39. The number of alkyl halides is 3. The largest absolute Gasteiger partial charge is 0.456 e. The number of carbonyl (C=O) groups excluding carboxylic acids is 1. The third-order valence-electron chi connectivity index (χ3n) is 4.26. The second kappa shape index (κ2) is 10.5. The molecule has 0 aliphatic heterocycles. The Labute approximate surface area is 191 Å². The normalized spacial score (nSPS) is 14.3. The second-order valence-electron chi connectivity index (χ2n) is 6.81. The summed E-state index contributed by atoms with van der Waals surface area (Å²) >= 11 is 5.84. The standard InChI is InChI=1S/C19H19ClF3N2O7P/c1-3-11(2)32-33(29,30)10-24-18(26)14-9-13(5-6-16(14)25(27)28)31-17-7-4-12(8-15(17)20)19(21,22)23/h4-9,11H,3,10H2,1-2H3,(H,24,26)(H,29,30). The number of nitrogens with zero attached hydrogens (tertiary/aromatic N) is 1. The molecule has 0 aromatic heterocycles. The smallest absolute Gasteiger partial charge is 0.416 e. The summed E-state index contributed by atoms with van der Waals surface area (Å²) in [5, 5.41) is 13.0. The quantitative estimate of drug-likeness (QED) is 0.250. The predicted molar refractivity (Wildman–Crippen MR) is 113 cm³/mol. The SMILES string of the molecule is CCC(C)OP(=O)(O)CNC(=O)c1cc(Oc2ccc(C(F)(F)F)cc2Cl)ccc1[N+](=O)[O-]. The van der Waals surface area contributed by atoms with Gasteiger partial charge in [-0.1, -0.05) is 18.5 Å². The number of nitro groups is 1. The van der Waals surface area contributed by atoms with E-state index in [1.54, 1.807) is 13.8 Å². The molecular formula is C19H19ClF3N2O7P. The molecule has 0 saturated heterocycles. The Bertz CT molecular complexity index is 1100. The number of carbonyl (C=O) groups is 1. The van der Waals surface area contributed by atoms with E-state index in [4.69, 9.17) is 20.9 Å². The van der Waals surface area contributed by atoms with Crippen LogP contribution in [0.1, 0.15) is 36.2 Å². The highest BCUT2D eigenvalue weighted by molar-refractivity contribution is 7.52. The van der Waals surface area contributed by atoms with Crippen LogP contribution in [-0.2, 0) is 15.3 Å². The van der Waals surface area contributed by atoms with Crippen molar-refractivity contribution < 1.29 is 41.6 Å². The molecule has 0 radical (unpaired) electrons. The van der Waals surface area contributed by atoms with Crippen LogP contribution in [0.25, 0.3) is 0 Å². The number of ether oxygens (including phenoxy) is 1. The zero-order valence-electron chi connectivity index (χ0n) is 17.3. The molecule has 0 heterocycles. The maximum absolute atomic E-state index is 12.8. The van der Waals surface area contributed by atoms with Gasteiger partial charge < -0.3 is 19.5 Å². The zero-order chi connectivity index (χ0) is 25.0. The van der Waals surface area contributed by atoms with Crippen LogP contribution in [0.4, 0.5) is 18.9 Å². The van der Waals surface area contributed by atoms with E-state index in [-0.39, 0.29) is 16.5 Å². The minimum atomic E-state index is -4.62. The molecule has 2 rings (SSSR count).